The van der Waals surface area contributed by atoms with Crippen LogP contribution in [0, 0.1) is 6.92 Å². The fraction of sp³-hybridized carbons (Fsp3) is 0.667. The van der Waals surface area contributed by atoms with Crippen molar-refractivity contribution in [2.24, 2.45) is 0 Å². The minimum Gasteiger partial charge on any atom is -0.372 e. The Hall–Kier alpha value is -0.680. The highest BCUT2D eigenvalue weighted by Crippen LogP contribution is 2.30. The summed E-state index contributed by atoms with van der Waals surface area (Å²) in [5, 5.41) is 3.06. The Balaban J connectivity index is 3.25. The van der Waals surface area contributed by atoms with Crippen molar-refractivity contribution in [2.45, 2.75) is 39.7 Å². The molecule has 0 amide bonds. The average molecular weight is 302 g/mol. The van der Waals surface area contributed by atoms with E-state index in [2.05, 4.69) is 38.1 Å². The third-order valence-electron chi connectivity index (χ3n) is 2.86. The fourth-order valence-corrected chi connectivity index (χ4v) is 1.98. The first-order chi connectivity index (χ1) is 7.98. The highest BCUT2D eigenvalue weighted by Gasteiger charge is 2.29. The summed E-state index contributed by atoms with van der Waals surface area (Å²) < 4.78 is 6.69. The zero-order valence-corrected chi connectivity index (χ0v) is 12.7. The predicted molar refractivity (Wildman–Crippen MR) is 73.3 cm³/mol. The number of aryl methyl sites for hydroxylation is 1. The number of hydrogen-bond acceptors (Lipinski definition) is 4. The maximum atomic E-state index is 5.79. The lowest BCUT2D eigenvalue weighted by molar-refractivity contribution is -0.0390. The van der Waals surface area contributed by atoms with Crippen molar-refractivity contribution in [3.8, 4) is 0 Å². The van der Waals surface area contributed by atoms with E-state index in [-0.39, 0.29) is 0 Å². The van der Waals surface area contributed by atoms with E-state index in [9.17, 15) is 0 Å². The Morgan fingerprint density at radius 2 is 2.00 bits per heavy atom. The number of anilines is 1. The highest BCUT2D eigenvalue weighted by atomic mass is 79.9. The van der Waals surface area contributed by atoms with Gasteiger partial charge in [-0.3, -0.25) is 0 Å². The van der Waals surface area contributed by atoms with Crippen molar-refractivity contribution in [1.82, 2.24) is 9.97 Å². The number of halogens is 1. The predicted octanol–water partition coefficient (Wildman–Crippen LogP) is 3.25. The third kappa shape index (κ3) is 2.96. The van der Waals surface area contributed by atoms with Crippen LogP contribution in [0.4, 0.5) is 5.82 Å². The monoisotopic (exact) mass is 301 g/mol. The van der Waals surface area contributed by atoms with E-state index in [1.165, 1.54) is 0 Å². The first-order valence-electron chi connectivity index (χ1n) is 5.84. The topological polar surface area (TPSA) is 47.0 Å². The molecule has 0 aliphatic carbocycles. The van der Waals surface area contributed by atoms with Crippen LogP contribution in [0.2, 0.25) is 0 Å². The summed E-state index contributed by atoms with van der Waals surface area (Å²) in [7, 11) is 1.85. The molecule has 4 nitrogen and oxygen atoms in total. The van der Waals surface area contributed by atoms with Crippen LogP contribution in [0.25, 0.3) is 0 Å². The van der Waals surface area contributed by atoms with E-state index in [0.29, 0.717) is 6.61 Å². The number of hydrogen-bond donors (Lipinski definition) is 1. The summed E-state index contributed by atoms with van der Waals surface area (Å²) in [5.74, 6) is 1.53. The molecule has 0 saturated heterocycles. The van der Waals surface area contributed by atoms with Crippen molar-refractivity contribution in [3.05, 3.63) is 16.0 Å². The van der Waals surface area contributed by atoms with Gasteiger partial charge in [0.05, 0.1) is 10.2 Å². The molecule has 0 fully saturated rings. The van der Waals surface area contributed by atoms with E-state index in [1.54, 1.807) is 0 Å². The quantitative estimate of drug-likeness (QED) is 0.907. The minimum atomic E-state index is -0.425. The summed E-state index contributed by atoms with van der Waals surface area (Å²) in [6, 6.07) is 0. The second kappa shape index (κ2) is 5.78. The zero-order valence-electron chi connectivity index (χ0n) is 11.1. The first-order valence-corrected chi connectivity index (χ1v) is 6.64. The number of aromatic nitrogens is 2. The second-order valence-corrected chi connectivity index (χ2v) is 4.86. The van der Waals surface area contributed by atoms with Crippen molar-refractivity contribution in [3.63, 3.8) is 0 Å². The molecular formula is C12H20BrN3O. The molecule has 0 radical (unpaired) electrons. The molecule has 1 unspecified atom stereocenters. The van der Waals surface area contributed by atoms with Gasteiger partial charge in [-0.1, -0.05) is 6.92 Å². The average Bonchev–Trinajstić information content (AvgIpc) is 2.32. The Morgan fingerprint density at radius 3 is 2.47 bits per heavy atom. The number of rotatable bonds is 5. The van der Waals surface area contributed by atoms with Crippen LogP contribution in [0.5, 0.6) is 0 Å². The van der Waals surface area contributed by atoms with Crippen LogP contribution in [-0.2, 0) is 10.3 Å². The Kier molecular flexibility index (Phi) is 4.89. The van der Waals surface area contributed by atoms with Crippen LogP contribution in [0.15, 0.2) is 4.47 Å². The first kappa shape index (κ1) is 14.4. The largest absolute Gasteiger partial charge is 0.372 e. The third-order valence-corrected chi connectivity index (χ3v) is 3.81. The molecule has 0 aromatic carbocycles. The van der Waals surface area contributed by atoms with Gasteiger partial charge in [0.2, 0.25) is 0 Å². The Bertz CT molecular complexity index is 398. The maximum Gasteiger partial charge on any atom is 0.162 e. The standard InChI is InChI=1S/C12H20BrN3O/c1-6-12(4,17-7-2)11-15-8(3)9(13)10(14-5)16-11/h6-7H2,1-5H3,(H,14,15,16). The van der Waals surface area contributed by atoms with Crippen LogP contribution in [-0.4, -0.2) is 23.6 Å². The molecule has 17 heavy (non-hydrogen) atoms. The second-order valence-electron chi connectivity index (χ2n) is 4.06. The molecule has 1 aromatic heterocycles. The molecular weight excluding hydrogens is 282 g/mol. The van der Waals surface area contributed by atoms with Crippen LogP contribution < -0.4 is 5.32 Å². The SMILES string of the molecule is CCOC(C)(CC)c1nc(C)c(Br)c(NC)n1. The van der Waals surface area contributed by atoms with Gasteiger partial charge >= 0.3 is 0 Å². The smallest absolute Gasteiger partial charge is 0.162 e. The van der Waals surface area contributed by atoms with Crippen LogP contribution in [0.1, 0.15) is 38.7 Å². The number of nitrogens with zero attached hydrogens (tertiary/aromatic N) is 2. The maximum absolute atomic E-state index is 5.79. The van der Waals surface area contributed by atoms with E-state index in [0.717, 1.165) is 28.2 Å². The summed E-state index contributed by atoms with van der Waals surface area (Å²) in [6.45, 7) is 8.70. The number of ether oxygens (including phenoxy) is 1. The van der Waals surface area contributed by atoms with E-state index >= 15 is 0 Å². The fourth-order valence-electron chi connectivity index (χ4n) is 1.60. The molecule has 0 aliphatic heterocycles. The van der Waals surface area contributed by atoms with Crippen LogP contribution in [0.3, 0.4) is 0 Å². The molecule has 1 heterocycles. The van der Waals surface area contributed by atoms with Gasteiger partial charge in [0.15, 0.2) is 5.82 Å². The van der Waals surface area contributed by atoms with E-state index in [4.69, 9.17) is 4.74 Å². The molecule has 1 atom stereocenters. The van der Waals surface area contributed by atoms with Gasteiger partial charge in [-0.15, -0.1) is 0 Å². The molecule has 5 heteroatoms. The molecule has 1 aromatic rings. The van der Waals surface area contributed by atoms with Gasteiger partial charge in [0.25, 0.3) is 0 Å². The summed E-state index contributed by atoms with van der Waals surface area (Å²) in [6.07, 6.45) is 0.838. The molecule has 1 N–H and O–H groups in total. The molecule has 96 valence electrons. The summed E-state index contributed by atoms with van der Waals surface area (Å²) >= 11 is 3.47. The molecule has 0 bridgehead atoms. The molecule has 0 spiro atoms. The van der Waals surface area contributed by atoms with Gasteiger partial charge in [0.1, 0.15) is 11.4 Å². The van der Waals surface area contributed by atoms with E-state index < -0.39 is 5.60 Å². The summed E-state index contributed by atoms with van der Waals surface area (Å²) in [4.78, 5) is 9.04. The van der Waals surface area contributed by atoms with E-state index in [1.807, 2.05) is 27.8 Å². The Morgan fingerprint density at radius 1 is 1.35 bits per heavy atom. The highest BCUT2D eigenvalue weighted by molar-refractivity contribution is 9.10. The lowest BCUT2D eigenvalue weighted by Crippen LogP contribution is -2.28. The van der Waals surface area contributed by atoms with Crippen molar-refractivity contribution in [1.29, 1.82) is 0 Å². The normalized spacial score (nSPS) is 14.5. The van der Waals surface area contributed by atoms with Gasteiger partial charge in [-0.2, -0.15) is 0 Å². The van der Waals surface area contributed by atoms with Gasteiger partial charge in [0, 0.05) is 13.7 Å². The Labute approximate surface area is 111 Å². The van der Waals surface area contributed by atoms with Crippen molar-refractivity contribution < 1.29 is 4.74 Å². The van der Waals surface area contributed by atoms with Gasteiger partial charge in [-0.25, -0.2) is 9.97 Å². The summed E-state index contributed by atoms with van der Waals surface area (Å²) in [5.41, 5.74) is 0.491. The zero-order chi connectivity index (χ0) is 13.1. The van der Waals surface area contributed by atoms with Crippen molar-refractivity contribution >= 4 is 21.7 Å². The lowest BCUT2D eigenvalue weighted by atomic mass is 10.0. The molecule has 0 aliphatic rings. The van der Waals surface area contributed by atoms with Crippen LogP contribution >= 0.6 is 15.9 Å². The minimum absolute atomic E-state index is 0.425. The molecule has 0 saturated carbocycles. The lowest BCUT2D eigenvalue weighted by Gasteiger charge is -2.27. The van der Waals surface area contributed by atoms with Gasteiger partial charge < -0.3 is 10.1 Å². The van der Waals surface area contributed by atoms with Gasteiger partial charge in [-0.05, 0) is 43.1 Å². The number of nitrogens with one attached hydrogen (secondary N) is 1. The van der Waals surface area contributed by atoms with Crippen molar-refractivity contribution in [2.75, 3.05) is 19.0 Å². The molecule has 1 rings (SSSR count).